The maximum absolute atomic E-state index is 11.8. The molecule has 0 aliphatic heterocycles. The van der Waals surface area contributed by atoms with Crippen LogP contribution in [0.1, 0.15) is 43.1 Å². The Balaban J connectivity index is 1.75. The van der Waals surface area contributed by atoms with Crippen LogP contribution in [0, 0.1) is 11.1 Å². The van der Waals surface area contributed by atoms with E-state index in [2.05, 4.69) is 17.6 Å². The van der Waals surface area contributed by atoms with Crippen molar-refractivity contribution < 1.29 is 23.9 Å². The number of hydrogen-bond acceptors (Lipinski definition) is 5. The van der Waals surface area contributed by atoms with Gasteiger partial charge in [0.1, 0.15) is 0 Å². The van der Waals surface area contributed by atoms with Crippen LogP contribution in [0.3, 0.4) is 0 Å². The molecule has 1 aliphatic rings. The van der Waals surface area contributed by atoms with Crippen molar-refractivity contribution >= 4 is 17.9 Å². The molecule has 1 heterocycles. The van der Waals surface area contributed by atoms with Gasteiger partial charge in [-0.15, -0.1) is 0 Å². The third-order valence-corrected chi connectivity index (χ3v) is 4.05. The molecule has 1 aliphatic carbocycles. The summed E-state index contributed by atoms with van der Waals surface area (Å²) in [7, 11) is 0. The Bertz CT molecular complexity index is 619. The average Bonchev–Trinajstić information content (AvgIpc) is 2.55. The van der Waals surface area contributed by atoms with Crippen molar-refractivity contribution in [3.05, 3.63) is 35.3 Å². The van der Waals surface area contributed by atoms with Gasteiger partial charge in [0.05, 0.1) is 0 Å². The number of carbonyl (C=O) groups excluding carboxylic acids is 3. The van der Waals surface area contributed by atoms with Crippen molar-refractivity contribution in [1.82, 2.24) is 10.6 Å². The van der Waals surface area contributed by atoms with E-state index in [-0.39, 0.29) is 11.7 Å². The van der Waals surface area contributed by atoms with E-state index in [1.54, 1.807) is 0 Å². The summed E-state index contributed by atoms with van der Waals surface area (Å²) in [4.78, 5) is 35.2. The van der Waals surface area contributed by atoms with Crippen molar-refractivity contribution in [3.63, 3.8) is 0 Å². The lowest BCUT2D eigenvalue weighted by molar-refractivity contribution is -0.608. The lowest BCUT2D eigenvalue weighted by Crippen LogP contribution is -2.48. The Hall–Kier alpha value is -2.64. The van der Waals surface area contributed by atoms with Crippen molar-refractivity contribution in [2.75, 3.05) is 6.61 Å². The van der Waals surface area contributed by atoms with Crippen LogP contribution in [0.2, 0.25) is 0 Å². The van der Waals surface area contributed by atoms with E-state index in [1.165, 1.54) is 18.2 Å². The molecule has 0 unspecified atom stereocenters. The molecule has 1 fully saturated rings. The molecule has 2 atom stereocenters. The first-order valence-electron chi connectivity index (χ1n) is 7.93. The fourth-order valence-corrected chi connectivity index (χ4v) is 2.69. The minimum Gasteiger partial charge on any atom is -0.618 e. The molecule has 0 radical (unpaired) electrons. The van der Waals surface area contributed by atoms with Gasteiger partial charge in [-0.05, 0) is 24.8 Å². The number of ether oxygens (including phenoxy) is 1. The normalized spacial score (nSPS) is 20.0. The van der Waals surface area contributed by atoms with E-state index < -0.39 is 24.5 Å². The number of pyridine rings is 1. The summed E-state index contributed by atoms with van der Waals surface area (Å²) in [6.45, 7) is 1.42. The van der Waals surface area contributed by atoms with Crippen molar-refractivity contribution in [1.29, 1.82) is 0 Å². The van der Waals surface area contributed by atoms with Gasteiger partial charge < -0.3 is 15.3 Å². The van der Waals surface area contributed by atoms with Gasteiger partial charge in [-0.25, -0.2) is 9.59 Å². The predicted molar refractivity (Wildman–Crippen MR) is 83.8 cm³/mol. The zero-order valence-electron chi connectivity index (χ0n) is 13.5. The van der Waals surface area contributed by atoms with Crippen LogP contribution >= 0.6 is 0 Å². The number of carbonyl (C=O) groups is 3. The topological polar surface area (TPSA) is 111 Å². The van der Waals surface area contributed by atoms with Crippen LogP contribution in [0.5, 0.6) is 0 Å². The van der Waals surface area contributed by atoms with Crippen LogP contribution in [0.15, 0.2) is 24.4 Å². The maximum atomic E-state index is 11.8. The van der Waals surface area contributed by atoms with Gasteiger partial charge in [0, 0.05) is 18.2 Å². The minimum absolute atomic E-state index is 0.0397. The molecule has 0 saturated heterocycles. The first kappa shape index (κ1) is 17.7. The van der Waals surface area contributed by atoms with E-state index in [4.69, 9.17) is 4.74 Å². The second-order valence-corrected chi connectivity index (χ2v) is 5.88. The van der Waals surface area contributed by atoms with E-state index >= 15 is 0 Å². The van der Waals surface area contributed by atoms with Crippen molar-refractivity contribution in [2.45, 2.75) is 38.6 Å². The first-order chi connectivity index (χ1) is 11.5. The Morgan fingerprint density at radius 1 is 1.29 bits per heavy atom. The number of urea groups is 1. The first-order valence-corrected chi connectivity index (χ1v) is 7.93. The lowest BCUT2D eigenvalue weighted by atomic mass is 9.86. The van der Waals surface area contributed by atoms with Crippen LogP contribution < -0.4 is 15.4 Å². The molecule has 0 spiro atoms. The number of esters is 1. The van der Waals surface area contributed by atoms with Gasteiger partial charge >= 0.3 is 17.7 Å². The van der Waals surface area contributed by atoms with E-state index in [1.807, 2.05) is 0 Å². The molecule has 1 aromatic heterocycles. The molecule has 8 nitrogen and oxygen atoms in total. The molecule has 0 aromatic carbocycles. The molecule has 1 saturated carbocycles. The molecule has 3 amide bonds. The number of hydrogen-bond donors (Lipinski definition) is 2. The fraction of sp³-hybridized carbons (Fsp3) is 0.500. The van der Waals surface area contributed by atoms with E-state index in [9.17, 15) is 19.6 Å². The molecular weight excluding hydrogens is 314 g/mol. The van der Waals surface area contributed by atoms with Gasteiger partial charge in [0.2, 0.25) is 0 Å². The summed E-state index contributed by atoms with van der Waals surface area (Å²) in [5.41, 5.74) is -0.231. The van der Waals surface area contributed by atoms with Gasteiger partial charge in [-0.3, -0.25) is 10.1 Å². The van der Waals surface area contributed by atoms with Crippen molar-refractivity contribution in [3.8, 4) is 0 Å². The highest BCUT2D eigenvalue weighted by Gasteiger charge is 2.24. The minimum atomic E-state index is -0.929. The molecule has 130 valence electrons. The third-order valence-electron chi connectivity index (χ3n) is 4.05. The van der Waals surface area contributed by atoms with Gasteiger partial charge in [0.15, 0.2) is 12.8 Å². The molecule has 24 heavy (non-hydrogen) atoms. The fourth-order valence-electron chi connectivity index (χ4n) is 2.69. The molecule has 1 aromatic rings. The highest BCUT2D eigenvalue weighted by Crippen LogP contribution is 2.23. The lowest BCUT2D eigenvalue weighted by Gasteiger charge is -2.29. The number of nitrogens with zero attached hydrogens (tertiary/aromatic N) is 1. The van der Waals surface area contributed by atoms with Gasteiger partial charge in [-0.1, -0.05) is 19.8 Å². The number of aromatic nitrogens is 1. The van der Waals surface area contributed by atoms with E-state index in [0.717, 1.165) is 31.9 Å². The number of nitrogens with one attached hydrogen (secondary N) is 2. The Morgan fingerprint density at radius 3 is 2.75 bits per heavy atom. The summed E-state index contributed by atoms with van der Waals surface area (Å²) < 4.78 is 5.08. The maximum Gasteiger partial charge on any atom is 0.405 e. The molecular formula is C16H21N3O5. The highest BCUT2D eigenvalue weighted by molar-refractivity contribution is 5.96. The number of amides is 3. The van der Waals surface area contributed by atoms with Crippen molar-refractivity contribution in [2.24, 2.45) is 5.92 Å². The summed E-state index contributed by atoms with van der Waals surface area (Å²) in [5, 5.41) is 16.3. The molecule has 2 N–H and O–H groups in total. The van der Waals surface area contributed by atoms with Gasteiger partial charge in [-0.2, -0.15) is 4.73 Å². The molecule has 8 heteroatoms. The monoisotopic (exact) mass is 335 g/mol. The van der Waals surface area contributed by atoms with Crippen LogP contribution in [-0.2, 0) is 9.53 Å². The predicted octanol–water partition coefficient (Wildman–Crippen LogP) is 0.881. The molecule has 0 bridgehead atoms. The van der Waals surface area contributed by atoms with E-state index in [0.29, 0.717) is 10.6 Å². The summed E-state index contributed by atoms with van der Waals surface area (Å²) >= 11 is 0. The van der Waals surface area contributed by atoms with Crippen LogP contribution in [0.4, 0.5) is 4.79 Å². The second-order valence-electron chi connectivity index (χ2n) is 5.88. The Kier molecular flexibility index (Phi) is 6.11. The zero-order valence-corrected chi connectivity index (χ0v) is 13.5. The van der Waals surface area contributed by atoms with Crippen LogP contribution in [0.25, 0.3) is 0 Å². The zero-order chi connectivity index (χ0) is 17.5. The van der Waals surface area contributed by atoms with Gasteiger partial charge in [0.25, 0.3) is 5.91 Å². The second kappa shape index (κ2) is 8.28. The quantitative estimate of drug-likeness (QED) is 0.482. The molecule has 2 rings (SSSR count). The third kappa shape index (κ3) is 4.94. The average molecular weight is 335 g/mol. The smallest absolute Gasteiger partial charge is 0.405 e. The largest absolute Gasteiger partial charge is 0.618 e. The van der Waals surface area contributed by atoms with Crippen LogP contribution in [-0.4, -0.2) is 30.6 Å². The number of imide groups is 1. The summed E-state index contributed by atoms with van der Waals surface area (Å²) in [6.07, 6.45) is 5.27. The summed E-state index contributed by atoms with van der Waals surface area (Å²) in [6, 6.07) is 3.69. The highest BCUT2D eigenvalue weighted by atomic mass is 16.5. The Morgan fingerprint density at radius 2 is 2.04 bits per heavy atom. The standard InChI is InChI=1S/C16H21N3O5/c1-11-6-2-3-7-12(11)17-16(22)18-14(20)10-24-15(21)13-8-4-5-9-19(13)23/h4-5,8-9,11-12H,2-3,6-7,10H2,1H3,(H2,17,18,20,22)/t11-,12+/m1/s1. The summed E-state index contributed by atoms with van der Waals surface area (Å²) in [5.74, 6) is -1.32. The number of rotatable bonds is 4. The Labute approximate surface area is 139 Å². The SMILES string of the molecule is C[C@@H]1CCCC[C@@H]1NC(=O)NC(=O)COC(=O)c1cccc[n+]1[O-].